The van der Waals surface area contributed by atoms with Crippen LogP contribution in [-0.4, -0.2) is 25.5 Å². The summed E-state index contributed by atoms with van der Waals surface area (Å²) in [5, 5.41) is 9.84. The first-order chi connectivity index (χ1) is 14.1. The Morgan fingerprint density at radius 1 is 1.17 bits per heavy atom. The molecule has 0 aliphatic carbocycles. The summed E-state index contributed by atoms with van der Waals surface area (Å²) in [4.78, 5) is 16.9. The first-order valence-electron chi connectivity index (χ1n) is 9.63. The molecule has 1 amide bonds. The van der Waals surface area contributed by atoms with Crippen molar-refractivity contribution in [2.75, 3.05) is 5.32 Å². The number of nitrogens with zero attached hydrogens (tertiary/aromatic N) is 3. The average molecular weight is 389 g/mol. The van der Waals surface area contributed by atoms with E-state index in [1.807, 2.05) is 41.9 Å². The van der Waals surface area contributed by atoms with Gasteiger partial charge < -0.3 is 14.5 Å². The second-order valence-corrected chi connectivity index (χ2v) is 7.00. The van der Waals surface area contributed by atoms with Crippen molar-refractivity contribution in [3.05, 3.63) is 77.4 Å². The molecule has 2 N–H and O–H groups in total. The van der Waals surface area contributed by atoms with Crippen molar-refractivity contribution in [2.45, 2.75) is 33.3 Å². The monoisotopic (exact) mass is 389 g/mol. The molecule has 148 valence electrons. The van der Waals surface area contributed by atoms with Gasteiger partial charge in [0.1, 0.15) is 18.0 Å². The minimum Gasteiger partial charge on any atom is -0.487 e. The number of imidazole rings is 1. The summed E-state index contributed by atoms with van der Waals surface area (Å²) in [5.41, 5.74) is 4.46. The summed E-state index contributed by atoms with van der Waals surface area (Å²) in [6.45, 7) is 4.50. The molecule has 3 aromatic heterocycles. The van der Waals surface area contributed by atoms with E-state index in [0.717, 1.165) is 29.9 Å². The summed E-state index contributed by atoms with van der Waals surface area (Å²) in [7, 11) is 0. The average Bonchev–Trinajstić information content (AvgIpc) is 3.33. The number of nitrogens with one attached hydrogen (secondary N) is 2. The maximum atomic E-state index is 12.4. The van der Waals surface area contributed by atoms with Crippen molar-refractivity contribution in [2.24, 2.45) is 0 Å². The number of aromatic amines is 1. The lowest BCUT2D eigenvalue weighted by Gasteiger charge is -2.06. The Morgan fingerprint density at radius 3 is 2.79 bits per heavy atom. The number of ether oxygens (including phenoxy) is 1. The third-order valence-corrected chi connectivity index (χ3v) is 4.54. The number of carbonyl (C=O) groups is 1. The van der Waals surface area contributed by atoms with Crippen molar-refractivity contribution in [3.63, 3.8) is 0 Å². The van der Waals surface area contributed by atoms with Gasteiger partial charge in [-0.1, -0.05) is 19.4 Å². The largest absolute Gasteiger partial charge is 0.487 e. The van der Waals surface area contributed by atoms with Crippen LogP contribution >= 0.6 is 0 Å². The van der Waals surface area contributed by atoms with Crippen molar-refractivity contribution in [3.8, 4) is 5.75 Å². The number of aromatic nitrogens is 4. The zero-order chi connectivity index (χ0) is 20.2. The molecule has 3 heterocycles. The van der Waals surface area contributed by atoms with Gasteiger partial charge in [-0.3, -0.25) is 9.89 Å². The Labute approximate surface area is 168 Å². The zero-order valence-corrected chi connectivity index (χ0v) is 16.5. The highest BCUT2D eigenvalue weighted by Gasteiger charge is 2.09. The fourth-order valence-electron chi connectivity index (χ4n) is 3.10. The summed E-state index contributed by atoms with van der Waals surface area (Å²) in [6.07, 6.45) is 5.91. The maximum absolute atomic E-state index is 12.4. The van der Waals surface area contributed by atoms with Crippen molar-refractivity contribution >= 4 is 17.4 Å². The molecule has 0 fully saturated rings. The van der Waals surface area contributed by atoms with E-state index in [1.54, 1.807) is 24.3 Å². The highest BCUT2D eigenvalue weighted by molar-refractivity contribution is 6.03. The maximum Gasteiger partial charge on any atom is 0.256 e. The summed E-state index contributed by atoms with van der Waals surface area (Å²) in [5.74, 6) is 1.00. The van der Waals surface area contributed by atoms with Gasteiger partial charge in [-0.2, -0.15) is 5.10 Å². The number of pyridine rings is 1. The van der Waals surface area contributed by atoms with Gasteiger partial charge in [-0.05, 0) is 49.2 Å². The van der Waals surface area contributed by atoms with Gasteiger partial charge >= 0.3 is 0 Å². The molecular formula is C22H23N5O2. The van der Waals surface area contributed by atoms with Gasteiger partial charge in [0.25, 0.3) is 5.91 Å². The van der Waals surface area contributed by atoms with Gasteiger partial charge in [-0.15, -0.1) is 0 Å². The number of rotatable bonds is 7. The molecule has 29 heavy (non-hydrogen) atoms. The first-order valence-corrected chi connectivity index (χ1v) is 9.63. The van der Waals surface area contributed by atoms with Gasteiger partial charge in [0, 0.05) is 29.7 Å². The number of aryl methyl sites for hydroxylation is 2. The predicted octanol–water partition coefficient (Wildman–Crippen LogP) is 4.15. The molecule has 0 saturated carbocycles. The number of carbonyl (C=O) groups excluding carboxylic acids is 1. The highest BCUT2D eigenvalue weighted by atomic mass is 16.5. The minimum atomic E-state index is -0.207. The second kappa shape index (κ2) is 8.18. The van der Waals surface area contributed by atoms with Crippen LogP contribution in [0.25, 0.3) is 5.65 Å². The van der Waals surface area contributed by atoms with Crippen molar-refractivity contribution in [1.29, 1.82) is 0 Å². The van der Waals surface area contributed by atoms with Gasteiger partial charge in [0.15, 0.2) is 5.82 Å². The third kappa shape index (κ3) is 4.45. The van der Waals surface area contributed by atoms with Gasteiger partial charge in [0.05, 0.1) is 5.69 Å². The Balaban J connectivity index is 1.35. The summed E-state index contributed by atoms with van der Waals surface area (Å²) in [6, 6.07) is 12.9. The predicted molar refractivity (Wildman–Crippen MR) is 111 cm³/mol. The van der Waals surface area contributed by atoms with E-state index in [2.05, 4.69) is 27.4 Å². The fraction of sp³-hybridized carbons (Fsp3) is 0.227. The van der Waals surface area contributed by atoms with Crippen LogP contribution < -0.4 is 10.1 Å². The molecule has 0 atom stereocenters. The number of amides is 1. The molecule has 0 unspecified atom stereocenters. The smallest absolute Gasteiger partial charge is 0.256 e. The number of hydrogen-bond donors (Lipinski definition) is 2. The van der Waals surface area contributed by atoms with Gasteiger partial charge in [-0.25, -0.2) is 4.98 Å². The Bertz CT molecular complexity index is 1130. The van der Waals surface area contributed by atoms with Crippen LogP contribution in [0.4, 0.5) is 5.82 Å². The molecule has 0 spiro atoms. The molecule has 0 saturated heterocycles. The van der Waals surface area contributed by atoms with Crippen LogP contribution in [0.3, 0.4) is 0 Å². The third-order valence-electron chi connectivity index (χ3n) is 4.54. The van der Waals surface area contributed by atoms with Crippen molar-refractivity contribution in [1.82, 2.24) is 19.6 Å². The standard InChI is InChI=1S/C22H23N5O2/c1-3-4-17-11-20(26-25-17)24-22(28)16-6-8-19(9-7-16)29-14-18-13-27-12-15(2)5-10-21(27)23-18/h5-13H,3-4,14H2,1-2H3,(H2,24,25,26,28). The lowest BCUT2D eigenvalue weighted by Crippen LogP contribution is -2.12. The van der Waals surface area contributed by atoms with E-state index in [-0.39, 0.29) is 5.91 Å². The molecule has 0 radical (unpaired) electrons. The van der Waals surface area contributed by atoms with E-state index in [9.17, 15) is 4.79 Å². The van der Waals surface area contributed by atoms with E-state index in [1.165, 1.54) is 5.56 Å². The molecule has 7 nitrogen and oxygen atoms in total. The Kier molecular flexibility index (Phi) is 5.29. The molecular weight excluding hydrogens is 366 g/mol. The summed E-state index contributed by atoms with van der Waals surface area (Å²) < 4.78 is 7.80. The van der Waals surface area contributed by atoms with Crippen LogP contribution in [-0.2, 0) is 13.0 Å². The number of benzene rings is 1. The number of H-pyrrole nitrogens is 1. The van der Waals surface area contributed by atoms with Gasteiger partial charge in [0.2, 0.25) is 0 Å². The molecule has 4 aromatic rings. The number of hydrogen-bond acceptors (Lipinski definition) is 4. The molecule has 7 heteroatoms. The zero-order valence-electron chi connectivity index (χ0n) is 16.5. The van der Waals surface area contributed by atoms with E-state index in [4.69, 9.17) is 4.74 Å². The molecule has 0 aliphatic rings. The SMILES string of the molecule is CCCc1cc(NC(=O)c2ccc(OCc3cn4cc(C)ccc4n3)cc2)n[nH]1. The Morgan fingerprint density at radius 2 is 2.00 bits per heavy atom. The second-order valence-electron chi connectivity index (χ2n) is 7.00. The molecule has 0 aliphatic heterocycles. The lowest BCUT2D eigenvalue weighted by molar-refractivity contribution is 0.102. The van der Waals surface area contributed by atoms with Crippen LogP contribution in [0.5, 0.6) is 5.75 Å². The minimum absolute atomic E-state index is 0.207. The topological polar surface area (TPSA) is 84.3 Å². The van der Waals surface area contributed by atoms with Crippen LogP contribution in [0, 0.1) is 6.92 Å². The quantitative estimate of drug-likeness (QED) is 0.497. The van der Waals surface area contributed by atoms with E-state index < -0.39 is 0 Å². The normalized spacial score (nSPS) is 11.0. The van der Waals surface area contributed by atoms with Crippen molar-refractivity contribution < 1.29 is 9.53 Å². The number of anilines is 1. The van der Waals surface area contributed by atoms with E-state index >= 15 is 0 Å². The number of fused-ring (bicyclic) bond motifs is 1. The molecule has 0 bridgehead atoms. The van der Waals surface area contributed by atoms with Crippen LogP contribution in [0.2, 0.25) is 0 Å². The van der Waals surface area contributed by atoms with E-state index in [0.29, 0.717) is 23.7 Å². The highest BCUT2D eigenvalue weighted by Crippen LogP contribution is 2.16. The lowest BCUT2D eigenvalue weighted by atomic mass is 10.2. The molecule has 1 aromatic carbocycles. The van der Waals surface area contributed by atoms with Crippen LogP contribution in [0.1, 0.15) is 40.7 Å². The Hall–Kier alpha value is -3.61. The van der Waals surface area contributed by atoms with Crippen LogP contribution in [0.15, 0.2) is 54.9 Å². The molecule has 4 rings (SSSR count). The fourth-order valence-corrected chi connectivity index (χ4v) is 3.10. The first kappa shape index (κ1) is 18.7. The summed E-state index contributed by atoms with van der Waals surface area (Å²) >= 11 is 0.